The lowest BCUT2D eigenvalue weighted by atomic mass is 10.2. The zero-order valence-electron chi connectivity index (χ0n) is 16.9. The Kier molecular flexibility index (Phi) is 7.82. The van der Waals surface area contributed by atoms with Gasteiger partial charge < -0.3 is 15.4 Å². The summed E-state index contributed by atoms with van der Waals surface area (Å²) in [6.45, 7) is 3.84. The second-order valence-corrected chi connectivity index (χ2v) is 6.58. The molecule has 0 radical (unpaired) electrons. The molecule has 0 aliphatic rings. The third kappa shape index (κ3) is 6.48. The molecule has 0 aliphatic heterocycles. The highest BCUT2D eigenvalue weighted by Gasteiger charge is 2.30. The number of carbonyl (C=O) groups excluding carboxylic acids is 2. The molecule has 1 atom stereocenters. The van der Waals surface area contributed by atoms with E-state index in [4.69, 9.17) is 4.74 Å². The highest BCUT2D eigenvalue weighted by Crippen LogP contribution is 2.29. The first kappa shape index (κ1) is 23.2. The summed E-state index contributed by atoms with van der Waals surface area (Å²) in [5, 5.41) is 5.32. The number of carbonyl (C=O) groups is 2. The summed E-state index contributed by atoms with van der Waals surface area (Å²) in [4.78, 5) is 26.5. The normalized spacial score (nSPS) is 12.4. The van der Waals surface area contributed by atoms with Crippen LogP contribution < -0.4 is 15.4 Å². The number of hydrogen-bond donors (Lipinski definition) is 2. The molecule has 2 amide bonds. The predicted molar refractivity (Wildman–Crippen MR) is 108 cm³/mol. The number of anilines is 2. The van der Waals surface area contributed by atoms with E-state index < -0.39 is 23.7 Å². The summed E-state index contributed by atoms with van der Waals surface area (Å²) in [5.74, 6) is -0.0539. The number of nitrogens with one attached hydrogen (secondary N) is 2. The van der Waals surface area contributed by atoms with Crippen molar-refractivity contribution in [1.82, 2.24) is 4.90 Å². The number of ether oxygens (including phenoxy) is 1. The van der Waals surface area contributed by atoms with E-state index >= 15 is 0 Å². The molecule has 0 unspecified atom stereocenters. The molecule has 0 aromatic heterocycles. The minimum atomic E-state index is -4.44. The van der Waals surface area contributed by atoms with Gasteiger partial charge in [-0.1, -0.05) is 6.92 Å². The first-order valence-electron chi connectivity index (χ1n) is 9.30. The number of methoxy groups -OCH3 is 1. The Morgan fingerprint density at radius 2 is 1.53 bits per heavy atom. The van der Waals surface area contributed by atoms with Crippen LogP contribution in [0.2, 0.25) is 0 Å². The van der Waals surface area contributed by atoms with Gasteiger partial charge in [0.15, 0.2) is 0 Å². The van der Waals surface area contributed by atoms with Crippen LogP contribution in [0.3, 0.4) is 0 Å². The number of alkyl halides is 3. The molecule has 9 heteroatoms. The number of hydrogen-bond acceptors (Lipinski definition) is 4. The zero-order valence-corrected chi connectivity index (χ0v) is 16.9. The van der Waals surface area contributed by atoms with Gasteiger partial charge in [0.05, 0.1) is 25.3 Å². The third-order valence-corrected chi connectivity index (χ3v) is 4.53. The predicted octanol–water partition coefficient (Wildman–Crippen LogP) is 4.00. The van der Waals surface area contributed by atoms with Crippen LogP contribution >= 0.6 is 0 Å². The lowest BCUT2D eigenvalue weighted by Crippen LogP contribution is -2.45. The molecule has 2 aromatic rings. The molecule has 0 saturated heterocycles. The van der Waals surface area contributed by atoms with E-state index in [0.717, 1.165) is 12.1 Å². The number of amides is 2. The van der Waals surface area contributed by atoms with Crippen molar-refractivity contribution < 1.29 is 27.5 Å². The van der Waals surface area contributed by atoms with Crippen LogP contribution in [-0.2, 0) is 15.8 Å². The van der Waals surface area contributed by atoms with Crippen LogP contribution in [-0.4, -0.2) is 43.0 Å². The van der Waals surface area contributed by atoms with Gasteiger partial charge in [0.25, 0.3) is 0 Å². The van der Waals surface area contributed by atoms with Crippen LogP contribution in [0, 0.1) is 0 Å². The lowest BCUT2D eigenvalue weighted by Gasteiger charge is -2.26. The van der Waals surface area contributed by atoms with E-state index in [1.807, 2.05) is 6.92 Å². The van der Waals surface area contributed by atoms with Crippen LogP contribution in [0.15, 0.2) is 48.5 Å². The Balaban J connectivity index is 1.94. The topological polar surface area (TPSA) is 70.7 Å². The van der Waals surface area contributed by atoms with Crippen molar-refractivity contribution >= 4 is 23.2 Å². The molecule has 0 aliphatic carbocycles. The second kappa shape index (κ2) is 10.1. The summed E-state index contributed by atoms with van der Waals surface area (Å²) in [6.07, 6.45) is -4.44. The molecule has 6 nitrogen and oxygen atoms in total. The number of nitrogens with zero attached hydrogens (tertiary/aromatic N) is 1. The van der Waals surface area contributed by atoms with Gasteiger partial charge >= 0.3 is 6.18 Å². The van der Waals surface area contributed by atoms with Crippen molar-refractivity contribution in [2.75, 3.05) is 30.8 Å². The average Bonchev–Trinajstić information content (AvgIpc) is 2.71. The quantitative estimate of drug-likeness (QED) is 0.673. The lowest BCUT2D eigenvalue weighted by molar-refractivity contribution is -0.137. The van der Waals surface area contributed by atoms with Crippen LogP contribution in [0.25, 0.3) is 0 Å². The molecule has 0 fully saturated rings. The van der Waals surface area contributed by atoms with E-state index in [0.29, 0.717) is 18.0 Å². The number of rotatable bonds is 8. The van der Waals surface area contributed by atoms with Crippen molar-refractivity contribution in [1.29, 1.82) is 0 Å². The Morgan fingerprint density at radius 1 is 1.00 bits per heavy atom. The van der Waals surface area contributed by atoms with Crippen molar-refractivity contribution in [2.24, 2.45) is 0 Å². The number of likely N-dealkylation sites (N-methyl/N-ethyl adjacent to an activating group) is 1. The van der Waals surface area contributed by atoms with Gasteiger partial charge in [0, 0.05) is 11.4 Å². The summed E-state index contributed by atoms with van der Waals surface area (Å²) < 4.78 is 43.0. The molecule has 2 N–H and O–H groups in total. The van der Waals surface area contributed by atoms with Crippen molar-refractivity contribution in [3.8, 4) is 5.75 Å². The monoisotopic (exact) mass is 423 g/mol. The SMILES string of the molecule is CCN(CC(=O)Nc1ccc(OC)cc1)[C@H](C)C(=O)Nc1ccc(C(F)(F)F)cc1. The van der Waals surface area contributed by atoms with Crippen molar-refractivity contribution in [2.45, 2.75) is 26.1 Å². The molecule has 30 heavy (non-hydrogen) atoms. The van der Waals surface area contributed by atoms with Crippen LogP contribution in [0.1, 0.15) is 19.4 Å². The van der Waals surface area contributed by atoms with Crippen LogP contribution in [0.4, 0.5) is 24.5 Å². The van der Waals surface area contributed by atoms with Gasteiger partial charge in [-0.3, -0.25) is 14.5 Å². The second-order valence-electron chi connectivity index (χ2n) is 6.58. The smallest absolute Gasteiger partial charge is 0.416 e. The molecule has 0 saturated carbocycles. The van der Waals surface area contributed by atoms with Gasteiger partial charge in [-0.05, 0) is 62.0 Å². The highest BCUT2D eigenvalue weighted by atomic mass is 19.4. The Bertz CT molecular complexity index is 853. The highest BCUT2D eigenvalue weighted by molar-refractivity contribution is 5.96. The Labute approximate surface area is 173 Å². The molecule has 0 bridgehead atoms. The fraction of sp³-hybridized carbons (Fsp3) is 0.333. The van der Waals surface area contributed by atoms with Crippen molar-refractivity contribution in [3.63, 3.8) is 0 Å². The molecular weight excluding hydrogens is 399 g/mol. The van der Waals surface area contributed by atoms with Gasteiger partial charge in [0.2, 0.25) is 11.8 Å². The van der Waals surface area contributed by atoms with E-state index in [1.54, 1.807) is 43.2 Å². The summed E-state index contributed by atoms with van der Waals surface area (Å²) in [7, 11) is 1.55. The van der Waals surface area contributed by atoms with Gasteiger partial charge in [-0.2, -0.15) is 13.2 Å². The van der Waals surface area contributed by atoms with E-state index in [1.165, 1.54) is 12.1 Å². The molecule has 0 spiro atoms. The number of benzene rings is 2. The first-order valence-corrected chi connectivity index (χ1v) is 9.30. The first-order chi connectivity index (χ1) is 14.1. The fourth-order valence-electron chi connectivity index (χ4n) is 2.74. The molecule has 162 valence electrons. The van der Waals surface area contributed by atoms with E-state index in [-0.39, 0.29) is 18.1 Å². The van der Waals surface area contributed by atoms with Gasteiger partial charge in [-0.25, -0.2) is 0 Å². The maximum Gasteiger partial charge on any atom is 0.416 e. The summed E-state index contributed by atoms with van der Waals surface area (Å²) in [6, 6.07) is 10.4. The molecule has 0 heterocycles. The Morgan fingerprint density at radius 3 is 2.03 bits per heavy atom. The standard InChI is InChI=1S/C21H24F3N3O3/c1-4-27(13-19(28)25-16-9-11-18(30-3)12-10-16)14(2)20(29)26-17-7-5-15(6-8-17)21(22,23)24/h5-12,14H,4,13H2,1-3H3,(H,25,28)(H,26,29)/t14-/m1/s1. The largest absolute Gasteiger partial charge is 0.497 e. The fourth-order valence-corrected chi connectivity index (χ4v) is 2.74. The zero-order chi connectivity index (χ0) is 22.3. The minimum absolute atomic E-state index is 0.0237. The molecule has 2 aromatic carbocycles. The molecular formula is C21H24F3N3O3. The molecule has 2 rings (SSSR count). The van der Waals surface area contributed by atoms with Gasteiger partial charge in [-0.15, -0.1) is 0 Å². The van der Waals surface area contributed by atoms with E-state index in [9.17, 15) is 22.8 Å². The Hall–Kier alpha value is -3.07. The number of halogens is 3. The average molecular weight is 423 g/mol. The maximum absolute atomic E-state index is 12.6. The van der Waals surface area contributed by atoms with Crippen molar-refractivity contribution in [3.05, 3.63) is 54.1 Å². The summed E-state index contributed by atoms with van der Waals surface area (Å²) in [5.41, 5.74) is 0.0521. The minimum Gasteiger partial charge on any atom is -0.497 e. The van der Waals surface area contributed by atoms with Crippen LogP contribution in [0.5, 0.6) is 5.75 Å². The maximum atomic E-state index is 12.6. The van der Waals surface area contributed by atoms with Gasteiger partial charge in [0.1, 0.15) is 5.75 Å². The van der Waals surface area contributed by atoms with E-state index in [2.05, 4.69) is 10.6 Å². The summed E-state index contributed by atoms with van der Waals surface area (Å²) >= 11 is 0. The third-order valence-electron chi connectivity index (χ3n) is 4.53.